The molecule has 2 saturated heterocycles. The van der Waals surface area contributed by atoms with E-state index in [1.807, 2.05) is 60.7 Å². The lowest BCUT2D eigenvalue weighted by Crippen LogP contribution is -2.73. The van der Waals surface area contributed by atoms with Crippen LogP contribution in [0.25, 0.3) is 0 Å². The van der Waals surface area contributed by atoms with Crippen LogP contribution in [-0.2, 0) is 38.3 Å². The SMILES string of the molecule is C=CC1(C(=O)OC(c2ccccc2)c2ccccc2)CS[C@@H]2C(NC(=O)C(=NOC(C)C(=O)OC(C)(C)C)c3csc(NC=O)n3)C(=O)N2C1. The van der Waals surface area contributed by atoms with E-state index in [1.165, 1.54) is 35.0 Å². The largest absolute Gasteiger partial charge is 0.457 e. The van der Waals surface area contributed by atoms with E-state index in [4.69, 9.17) is 14.3 Å². The number of aromatic nitrogens is 1. The number of hydrogen-bond acceptors (Lipinski definition) is 12. The van der Waals surface area contributed by atoms with Crippen LogP contribution >= 0.6 is 23.1 Å². The zero-order valence-corrected chi connectivity index (χ0v) is 29.5. The molecule has 3 amide bonds. The zero-order valence-electron chi connectivity index (χ0n) is 27.9. The van der Waals surface area contributed by atoms with Crippen molar-refractivity contribution in [2.75, 3.05) is 17.6 Å². The van der Waals surface area contributed by atoms with E-state index in [2.05, 4.69) is 27.4 Å². The number of anilines is 1. The van der Waals surface area contributed by atoms with Crippen LogP contribution in [0.3, 0.4) is 0 Å². The molecule has 2 aliphatic heterocycles. The van der Waals surface area contributed by atoms with E-state index < -0.39 is 58.4 Å². The number of carbonyl (C=O) groups is 5. The summed E-state index contributed by atoms with van der Waals surface area (Å²) in [7, 11) is 0. The molecule has 0 saturated carbocycles. The zero-order chi connectivity index (χ0) is 36.1. The summed E-state index contributed by atoms with van der Waals surface area (Å²) in [5, 5.41) is 10.2. The third-order valence-electron chi connectivity index (χ3n) is 7.80. The minimum absolute atomic E-state index is 0.0127. The highest BCUT2D eigenvalue weighted by Crippen LogP contribution is 2.44. The Labute approximate surface area is 297 Å². The number of amides is 3. The van der Waals surface area contributed by atoms with Crippen LogP contribution in [0, 0.1) is 5.41 Å². The summed E-state index contributed by atoms with van der Waals surface area (Å²) in [6.07, 6.45) is 0.111. The number of rotatable bonds is 13. The van der Waals surface area contributed by atoms with Gasteiger partial charge in [-0.05, 0) is 38.8 Å². The maximum absolute atomic E-state index is 13.9. The number of esters is 2. The molecule has 2 fully saturated rings. The minimum atomic E-state index is -1.20. The Bertz CT molecular complexity index is 1740. The lowest BCUT2D eigenvalue weighted by Gasteiger charge is -2.53. The number of fused-ring (bicyclic) bond motifs is 1. The van der Waals surface area contributed by atoms with Gasteiger partial charge in [0.1, 0.15) is 28.1 Å². The highest BCUT2D eigenvalue weighted by Gasteiger charge is 2.57. The van der Waals surface area contributed by atoms with Gasteiger partial charge in [-0.3, -0.25) is 19.2 Å². The second kappa shape index (κ2) is 15.3. The molecule has 0 spiro atoms. The first-order chi connectivity index (χ1) is 23.9. The number of carbonyl (C=O) groups excluding carboxylic acids is 5. The summed E-state index contributed by atoms with van der Waals surface area (Å²) in [4.78, 5) is 75.4. The van der Waals surface area contributed by atoms with Crippen molar-refractivity contribution >= 4 is 64.1 Å². The molecular formula is C35H37N5O8S2. The van der Waals surface area contributed by atoms with E-state index in [0.29, 0.717) is 6.41 Å². The van der Waals surface area contributed by atoms with Gasteiger partial charge in [-0.2, -0.15) is 0 Å². The minimum Gasteiger partial charge on any atom is -0.457 e. The van der Waals surface area contributed by atoms with Gasteiger partial charge in [0.2, 0.25) is 18.4 Å². The number of nitrogens with one attached hydrogen (secondary N) is 2. The summed E-state index contributed by atoms with van der Waals surface area (Å²) in [5.74, 6) is -2.19. The number of hydrogen-bond donors (Lipinski definition) is 2. The molecule has 2 aromatic carbocycles. The molecule has 0 radical (unpaired) electrons. The second-order valence-corrected chi connectivity index (χ2v) is 14.6. The Kier molecular flexibility index (Phi) is 11.1. The molecule has 5 rings (SSSR count). The maximum atomic E-state index is 13.9. The van der Waals surface area contributed by atoms with Crippen molar-refractivity contribution < 1.29 is 38.3 Å². The van der Waals surface area contributed by atoms with Crippen LogP contribution in [0.5, 0.6) is 0 Å². The third-order valence-corrected chi connectivity index (χ3v) is 10.1. The van der Waals surface area contributed by atoms with Gasteiger partial charge in [-0.25, -0.2) is 9.78 Å². The predicted octanol–water partition coefficient (Wildman–Crippen LogP) is 4.07. The highest BCUT2D eigenvalue weighted by molar-refractivity contribution is 8.00. The van der Waals surface area contributed by atoms with Crippen LogP contribution in [-0.4, -0.2) is 81.2 Å². The molecule has 0 aliphatic carbocycles. The Hall–Kier alpha value is -5.02. The van der Waals surface area contributed by atoms with Gasteiger partial charge in [-0.1, -0.05) is 71.9 Å². The second-order valence-electron chi connectivity index (χ2n) is 12.6. The number of β-lactam (4-membered cyclic amide) rings is 1. The van der Waals surface area contributed by atoms with Crippen LogP contribution in [0.1, 0.15) is 50.6 Å². The first kappa shape index (κ1) is 36.3. The molecule has 3 aromatic rings. The highest BCUT2D eigenvalue weighted by atomic mass is 32.2. The smallest absolute Gasteiger partial charge is 0.350 e. The number of thiazole rings is 1. The molecule has 0 bridgehead atoms. The van der Waals surface area contributed by atoms with E-state index in [0.717, 1.165) is 22.5 Å². The van der Waals surface area contributed by atoms with Gasteiger partial charge in [0, 0.05) is 17.7 Å². The monoisotopic (exact) mass is 719 g/mol. The first-order valence-corrected chi connectivity index (χ1v) is 17.6. The Morgan fingerprint density at radius 3 is 2.32 bits per heavy atom. The van der Waals surface area contributed by atoms with Crippen molar-refractivity contribution in [3.63, 3.8) is 0 Å². The van der Waals surface area contributed by atoms with Crippen molar-refractivity contribution in [3.05, 3.63) is 95.5 Å². The van der Waals surface area contributed by atoms with Crippen molar-refractivity contribution in [2.45, 2.75) is 56.9 Å². The van der Waals surface area contributed by atoms with Crippen molar-refractivity contribution in [2.24, 2.45) is 10.6 Å². The lowest BCUT2D eigenvalue weighted by atomic mass is 9.87. The summed E-state index contributed by atoms with van der Waals surface area (Å²) < 4.78 is 11.5. The van der Waals surface area contributed by atoms with Crippen molar-refractivity contribution in [3.8, 4) is 0 Å². The van der Waals surface area contributed by atoms with Crippen molar-refractivity contribution in [1.82, 2.24) is 15.2 Å². The molecule has 2 aliphatic rings. The van der Waals surface area contributed by atoms with Crippen LogP contribution in [0.2, 0.25) is 0 Å². The molecule has 4 atom stereocenters. The Balaban J connectivity index is 1.29. The number of benzene rings is 2. The number of thioether (sulfide) groups is 1. The number of nitrogens with zero attached hydrogens (tertiary/aromatic N) is 3. The fourth-order valence-electron chi connectivity index (χ4n) is 5.21. The topological polar surface area (TPSA) is 166 Å². The van der Waals surface area contributed by atoms with Gasteiger partial charge in [-0.15, -0.1) is 29.7 Å². The average molecular weight is 720 g/mol. The lowest BCUT2D eigenvalue weighted by molar-refractivity contribution is -0.167. The van der Waals surface area contributed by atoms with Crippen LogP contribution in [0.15, 0.2) is 83.9 Å². The van der Waals surface area contributed by atoms with Gasteiger partial charge in [0.15, 0.2) is 16.9 Å². The molecule has 1 aromatic heterocycles. The molecular weight excluding hydrogens is 683 g/mol. The fraction of sp³-hybridized carbons (Fsp3) is 0.343. The molecule has 2 N–H and O–H groups in total. The van der Waals surface area contributed by atoms with E-state index in [1.54, 1.807) is 20.8 Å². The first-order valence-electron chi connectivity index (χ1n) is 15.7. The molecule has 3 heterocycles. The molecule has 3 unspecified atom stereocenters. The predicted molar refractivity (Wildman–Crippen MR) is 188 cm³/mol. The van der Waals surface area contributed by atoms with E-state index in [9.17, 15) is 24.0 Å². The summed E-state index contributed by atoms with van der Waals surface area (Å²) in [6.45, 7) is 10.5. The summed E-state index contributed by atoms with van der Waals surface area (Å²) in [5.41, 5.74) is -0.651. The van der Waals surface area contributed by atoms with Gasteiger partial charge < -0.3 is 29.8 Å². The molecule has 13 nitrogen and oxygen atoms in total. The number of oxime groups is 1. The Morgan fingerprint density at radius 1 is 1.10 bits per heavy atom. The molecule has 50 heavy (non-hydrogen) atoms. The standard InChI is InChI=1S/C35H37N5O8S2/c1-6-35(32(45)46-27(22-13-9-7-10-14-22)23-15-11-8-12-16-23)18-40-29(43)26(30(40)50-19-35)38-28(42)25(24-17-49-33(37-24)36-20-41)39-48-21(2)31(44)47-34(3,4)5/h6-17,20-21,26-27,30H,1,18-19H2,2-5H3,(H,38,42)(H,36,37,41)/t21?,26?,30-,35?/m1/s1. The molecule has 15 heteroatoms. The third kappa shape index (κ3) is 8.05. The van der Waals surface area contributed by atoms with Crippen molar-refractivity contribution in [1.29, 1.82) is 0 Å². The quantitative estimate of drug-likeness (QED) is 0.0657. The average Bonchev–Trinajstić information content (AvgIpc) is 3.57. The normalized spacial score (nSPS) is 20.9. The van der Waals surface area contributed by atoms with E-state index >= 15 is 0 Å². The van der Waals surface area contributed by atoms with Crippen LogP contribution in [0.4, 0.5) is 5.13 Å². The van der Waals surface area contributed by atoms with E-state index in [-0.39, 0.29) is 28.8 Å². The number of ether oxygens (including phenoxy) is 2. The van der Waals surface area contributed by atoms with Gasteiger partial charge >= 0.3 is 11.9 Å². The summed E-state index contributed by atoms with van der Waals surface area (Å²) >= 11 is 2.35. The maximum Gasteiger partial charge on any atom is 0.350 e. The van der Waals surface area contributed by atoms with Gasteiger partial charge in [0.05, 0.1) is 0 Å². The van der Waals surface area contributed by atoms with Crippen LogP contribution < -0.4 is 10.6 Å². The summed E-state index contributed by atoms with van der Waals surface area (Å²) in [6, 6.07) is 17.8. The van der Waals surface area contributed by atoms with Gasteiger partial charge in [0.25, 0.3) is 5.91 Å². The molecule has 262 valence electrons. The fourth-order valence-corrected chi connectivity index (χ4v) is 7.39. The Morgan fingerprint density at radius 2 is 1.74 bits per heavy atom.